The Morgan fingerprint density at radius 1 is 1.39 bits per heavy atom. The van der Waals surface area contributed by atoms with E-state index >= 15 is 0 Å². The van der Waals surface area contributed by atoms with Crippen molar-refractivity contribution in [3.63, 3.8) is 0 Å². The molecule has 0 radical (unpaired) electrons. The average Bonchev–Trinajstić information content (AvgIpc) is 2.58. The first-order chi connectivity index (χ1) is 8.49. The Morgan fingerprint density at radius 3 is 2.56 bits per heavy atom. The molecule has 0 aliphatic heterocycles. The van der Waals surface area contributed by atoms with E-state index in [-0.39, 0.29) is 11.6 Å². The smallest absolute Gasteiger partial charge is 0.134 e. The van der Waals surface area contributed by atoms with Gasteiger partial charge in [-0.05, 0) is 54.0 Å². The fourth-order valence-corrected chi connectivity index (χ4v) is 2.45. The number of Topliss-reactive ketones (excluding diaryl/α,β-unsaturated/α-hetero) is 1. The van der Waals surface area contributed by atoms with Crippen molar-refractivity contribution >= 4 is 21.7 Å². The molecule has 2 rings (SSSR count). The van der Waals surface area contributed by atoms with Crippen molar-refractivity contribution in [3.05, 3.63) is 45.9 Å². The monoisotopic (exact) mass is 310 g/mol. The first kappa shape index (κ1) is 13.0. The predicted molar refractivity (Wildman–Crippen MR) is 70.3 cm³/mol. The Hall–Kier alpha value is -1.49. The molecule has 0 amide bonds. The summed E-state index contributed by atoms with van der Waals surface area (Å²) >= 11 is 3.44. The third-order valence-corrected chi connectivity index (χ3v) is 3.43. The van der Waals surface area contributed by atoms with Crippen LogP contribution >= 0.6 is 15.9 Å². The minimum Gasteiger partial charge on any atom is -0.300 e. The third kappa shape index (κ3) is 2.51. The van der Waals surface area contributed by atoms with Crippen molar-refractivity contribution in [1.82, 2.24) is 9.78 Å². The lowest BCUT2D eigenvalue weighted by atomic mass is 10.1. The third-order valence-electron chi connectivity index (χ3n) is 2.62. The van der Waals surface area contributed by atoms with E-state index in [0.29, 0.717) is 6.42 Å². The van der Waals surface area contributed by atoms with Crippen LogP contribution in [-0.2, 0) is 11.2 Å². The van der Waals surface area contributed by atoms with Crippen molar-refractivity contribution < 1.29 is 9.18 Å². The van der Waals surface area contributed by atoms with Gasteiger partial charge in [0.2, 0.25) is 0 Å². The minimum atomic E-state index is -0.289. The normalized spacial score (nSPS) is 10.7. The van der Waals surface area contributed by atoms with Crippen LogP contribution in [-0.4, -0.2) is 15.6 Å². The van der Waals surface area contributed by atoms with E-state index in [1.54, 1.807) is 23.7 Å². The van der Waals surface area contributed by atoms with E-state index in [1.165, 1.54) is 12.1 Å². The molecular formula is C13H12BrFN2O. The van der Waals surface area contributed by atoms with Crippen molar-refractivity contribution in [2.75, 3.05) is 0 Å². The van der Waals surface area contributed by atoms with Gasteiger partial charge in [0.15, 0.2) is 0 Å². The molecule has 0 atom stereocenters. The number of hydrogen-bond acceptors (Lipinski definition) is 2. The molecule has 1 aromatic carbocycles. The van der Waals surface area contributed by atoms with Gasteiger partial charge in [0.1, 0.15) is 16.2 Å². The maximum Gasteiger partial charge on any atom is 0.134 e. The van der Waals surface area contributed by atoms with Crippen LogP contribution < -0.4 is 0 Å². The molecule has 0 saturated heterocycles. The second kappa shape index (κ2) is 5.02. The Balaban J connectivity index is 2.46. The van der Waals surface area contributed by atoms with Crippen molar-refractivity contribution in [2.45, 2.75) is 20.3 Å². The van der Waals surface area contributed by atoms with Gasteiger partial charge in [-0.3, -0.25) is 4.79 Å². The SMILES string of the molecule is CC(=O)Cc1c(C)nn(-c2ccc(F)cc2)c1Br. The van der Waals surface area contributed by atoms with Gasteiger partial charge in [-0.15, -0.1) is 0 Å². The molecule has 0 aliphatic rings. The molecule has 0 fully saturated rings. The Labute approximate surface area is 113 Å². The molecule has 2 aromatic rings. The first-order valence-corrected chi connectivity index (χ1v) is 6.27. The largest absolute Gasteiger partial charge is 0.300 e. The van der Waals surface area contributed by atoms with Gasteiger partial charge in [-0.1, -0.05) is 0 Å². The zero-order chi connectivity index (χ0) is 13.3. The van der Waals surface area contributed by atoms with Gasteiger partial charge in [0.05, 0.1) is 11.4 Å². The molecule has 0 bridgehead atoms. The number of aromatic nitrogens is 2. The highest BCUT2D eigenvalue weighted by molar-refractivity contribution is 9.10. The molecule has 3 nitrogen and oxygen atoms in total. The molecule has 0 unspecified atom stereocenters. The maximum atomic E-state index is 12.9. The van der Waals surface area contributed by atoms with E-state index in [1.807, 2.05) is 6.92 Å². The van der Waals surface area contributed by atoms with Crippen molar-refractivity contribution in [2.24, 2.45) is 0 Å². The number of rotatable bonds is 3. The van der Waals surface area contributed by atoms with E-state index in [9.17, 15) is 9.18 Å². The van der Waals surface area contributed by atoms with Crippen LogP contribution in [0.25, 0.3) is 5.69 Å². The number of benzene rings is 1. The molecule has 0 aliphatic carbocycles. The summed E-state index contributed by atoms with van der Waals surface area (Å²) in [5.41, 5.74) is 2.41. The van der Waals surface area contributed by atoms with Crippen LogP contribution in [0.2, 0.25) is 0 Å². The highest BCUT2D eigenvalue weighted by Gasteiger charge is 2.15. The number of carbonyl (C=O) groups excluding carboxylic acids is 1. The zero-order valence-corrected chi connectivity index (χ0v) is 11.7. The summed E-state index contributed by atoms with van der Waals surface area (Å²) in [6.45, 7) is 3.39. The summed E-state index contributed by atoms with van der Waals surface area (Å²) in [6, 6.07) is 6.04. The zero-order valence-electron chi connectivity index (χ0n) is 10.1. The van der Waals surface area contributed by atoms with E-state index < -0.39 is 0 Å². The summed E-state index contributed by atoms with van der Waals surface area (Å²) in [5, 5.41) is 4.36. The van der Waals surface area contributed by atoms with E-state index in [2.05, 4.69) is 21.0 Å². The lowest BCUT2D eigenvalue weighted by Gasteiger charge is -2.03. The summed E-state index contributed by atoms with van der Waals surface area (Å²) in [6.07, 6.45) is 0.341. The second-order valence-electron chi connectivity index (χ2n) is 4.12. The molecule has 1 aromatic heterocycles. The van der Waals surface area contributed by atoms with Crippen LogP contribution in [0.15, 0.2) is 28.9 Å². The van der Waals surface area contributed by atoms with Gasteiger partial charge in [-0.25, -0.2) is 9.07 Å². The topological polar surface area (TPSA) is 34.9 Å². The predicted octanol–water partition coefficient (Wildman–Crippen LogP) is 3.21. The molecule has 94 valence electrons. The van der Waals surface area contributed by atoms with Crippen LogP contribution in [0, 0.1) is 12.7 Å². The standard InChI is InChI=1S/C13H12BrFN2O/c1-8(18)7-12-9(2)16-17(13(12)14)11-5-3-10(15)4-6-11/h3-6H,7H2,1-2H3. The number of aryl methyl sites for hydroxylation is 1. The second-order valence-corrected chi connectivity index (χ2v) is 4.87. The summed E-state index contributed by atoms with van der Waals surface area (Å²) < 4.78 is 15.3. The van der Waals surface area contributed by atoms with Gasteiger partial charge < -0.3 is 0 Å². The number of carbonyl (C=O) groups is 1. The molecule has 18 heavy (non-hydrogen) atoms. The Morgan fingerprint density at radius 2 is 2.00 bits per heavy atom. The molecular weight excluding hydrogens is 299 g/mol. The average molecular weight is 311 g/mol. The highest BCUT2D eigenvalue weighted by Crippen LogP contribution is 2.24. The van der Waals surface area contributed by atoms with Gasteiger partial charge in [0, 0.05) is 12.0 Å². The summed E-state index contributed by atoms with van der Waals surface area (Å²) in [5.74, 6) is -0.208. The van der Waals surface area contributed by atoms with Crippen molar-refractivity contribution in [3.8, 4) is 5.69 Å². The first-order valence-electron chi connectivity index (χ1n) is 5.48. The van der Waals surface area contributed by atoms with Gasteiger partial charge >= 0.3 is 0 Å². The molecule has 1 heterocycles. The van der Waals surface area contributed by atoms with Crippen LogP contribution in [0.5, 0.6) is 0 Å². The van der Waals surface area contributed by atoms with Crippen LogP contribution in [0.4, 0.5) is 4.39 Å². The molecule has 0 saturated carbocycles. The quantitative estimate of drug-likeness (QED) is 0.872. The fraction of sp³-hybridized carbons (Fsp3) is 0.231. The van der Waals surface area contributed by atoms with Crippen LogP contribution in [0.3, 0.4) is 0 Å². The molecule has 0 spiro atoms. The van der Waals surface area contributed by atoms with Crippen LogP contribution in [0.1, 0.15) is 18.2 Å². The fourth-order valence-electron chi connectivity index (χ4n) is 1.73. The van der Waals surface area contributed by atoms with Gasteiger partial charge in [0.25, 0.3) is 0 Å². The Bertz CT molecular complexity index is 590. The minimum absolute atomic E-state index is 0.0810. The lowest BCUT2D eigenvalue weighted by Crippen LogP contribution is -1.99. The molecule has 0 N–H and O–H groups in total. The number of hydrogen-bond donors (Lipinski definition) is 0. The number of halogens is 2. The maximum absolute atomic E-state index is 12.9. The molecule has 5 heteroatoms. The van der Waals surface area contributed by atoms with E-state index in [4.69, 9.17) is 0 Å². The number of ketones is 1. The summed E-state index contributed by atoms with van der Waals surface area (Å²) in [4.78, 5) is 11.2. The highest BCUT2D eigenvalue weighted by atomic mass is 79.9. The number of nitrogens with zero attached hydrogens (tertiary/aromatic N) is 2. The Kier molecular flexibility index (Phi) is 3.61. The summed E-state index contributed by atoms with van der Waals surface area (Å²) in [7, 11) is 0. The van der Waals surface area contributed by atoms with Crippen molar-refractivity contribution in [1.29, 1.82) is 0 Å². The van der Waals surface area contributed by atoms with E-state index in [0.717, 1.165) is 21.5 Å². The van der Waals surface area contributed by atoms with Gasteiger partial charge in [-0.2, -0.15) is 5.10 Å². The lowest BCUT2D eigenvalue weighted by molar-refractivity contribution is -0.116.